The molecule has 0 amide bonds. The molecule has 2 unspecified atom stereocenters. The molecule has 4 aliphatic rings. The number of aliphatic hydroxyl groups excluding tert-OH is 2. The fraction of sp³-hybridized carbons (Fsp3) is 0.842. The van der Waals surface area contributed by atoms with Gasteiger partial charge in [-0.15, -0.1) is 0 Å². The minimum absolute atomic E-state index is 0.121. The molecule has 0 aromatic rings. The van der Waals surface area contributed by atoms with E-state index in [-0.39, 0.29) is 22.9 Å². The maximum Gasteiger partial charge on any atom is 0.139 e. The summed E-state index contributed by atoms with van der Waals surface area (Å²) in [6, 6.07) is 0. The van der Waals surface area contributed by atoms with E-state index in [1.165, 1.54) is 5.57 Å². The van der Waals surface area contributed by atoms with Crippen molar-refractivity contribution in [1.29, 1.82) is 0 Å². The highest BCUT2D eigenvalue weighted by Crippen LogP contribution is 2.63. The van der Waals surface area contributed by atoms with Gasteiger partial charge >= 0.3 is 0 Å². The minimum Gasteiger partial charge on any atom is -0.393 e. The van der Waals surface area contributed by atoms with Gasteiger partial charge in [0.2, 0.25) is 0 Å². The molecule has 4 rings (SSSR count). The van der Waals surface area contributed by atoms with Crippen LogP contribution in [0.5, 0.6) is 0 Å². The summed E-state index contributed by atoms with van der Waals surface area (Å²) in [5.74, 6) is 1.46. The summed E-state index contributed by atoms with van der Waals surface area (Å²) >= 11 is 0. The van der Waals surface area contributed by atoms with Crippen LogP contribution in [0.25, 0.3) is 0 Å². The molecule has 0 aliphatic heterocycles. The van der Waals surface area contributed by atoms with E-state index in [1.54, 1.807) is 0 Å². The molecule has 0 aromatic carbocycles. The lowest BCUT2D eigenvalue weighted by Gasteiger charge is -2.58. The van der Waals surface area contributed by atoms with Crippen LogP contribution in [0.3, 0.4) is 0 Å². The summed E-state index contributed by atoms with van der Waals surface area (Å²) in [4.78, 5) is 12.4. The van der Waals surface area contributed by atoms with Crippen LogP contribution in [0, 0.1) is 28.6 Å². The molecule has 0 saturated heterocycles. The van der Waals surface area contributed by atoms with Crippen LogP contribution in [0.15, 0.2) is 11.6 Å². The van der Waals surface area contributed by atoms with E-state index in [4.69, 9.17) is 0 Å². The van der Waals surface area contributed by atoms with Crippen molar-refractivity contribution in [2.45, 2.75) is 71.0 Å². The van der Waals surface area contributed by atoms with E-state index in [0.717, 1.165) is 38.5 Å². The Bertz CT molecular complexity index is 539. The Morgan fingerprint density at radius 2 is 1.73 bits per heavy atom. The Morgan fingerprint density at radius 3 is 2.50 bits per heavy atom. The summed E-state index contributed by atoms with van der Waals surface area (Å²) in [5, 5.41) is 20.8. The Morgan fingerprint density at radius 1 is 1.05 bits per heavy atom. The van der Waals surface area contributed by atoms with Gasteiger partial charge in [0, 0.05) is 11.8 Å². The maximum absolute atomic E-state index is 12.4. The molecule has 4 aliphatic carbocycles. The van der Waals surface area contributed by atoms with Crippen LogP contribution in [-0.2, 0) is 4.79 Å². The van der Waals surface area contributed by atoms with Crippen molar-refractivity contribution in [3.63, 3.8) is 0 Å². The van der Waals surface area contributed by atoms with Gasteiger partial charge in [-0.05, 0) is 61.7 Å². The molecule has 0 heterocycles. The topological polar surface area (TPSA) is 57.5 Å². The fourth-order valence-electron chi connectivity index (χ4n) is 6.40. The van der Waals surface area contributed by atoms with Crippen LogP contribution in [-0.4, -0.2) is 28.2 Å². The monoisotopic (exact) mass is 304 g/mol. The first-order valence-corrected chi connectivity index (χ1v) is 8.97. The van der Waals surface area contributed by atoms with Crippen molar-refractivity contribution >= 4 is 5.78 Å². The smallest absolute Gasteiger partial charge is 0.139 e. The average Bonchev–Trinajstić information content (AvgIpc) is 2.77. The molecule has 22 heavy (non-hydrogen) atoms. The highest BCUT2D eigenvalue weighted by Gasteiger charge is 2.60. The Labute approximate surface area is 132 Å². The Balaban J connectivity index is 1.75. The molecule has 0 bridgehead atoms. The highest BCUT2D eigenvalue weighted by atomic mass is 16.3. The molecule has 0 spiro atoms. The number of carbonyl (C=O) groups is 1. The zero-order valence-corrected chi connectivity index (χ0v) is 13.7. The average molecular weight is 304 g/mol. The van der Waals surface area contributed by atoms with E-state index in [1.807, 2.05) is 6.08 Å². The molecule has 0 aromatic heterocycles. The zero-order chi connectivity index (χ0) is 15.7. The van der Waals surface area contributed by atoms with Gasteiger partial charge in [0.15, 0.2) is 0 Å². The lowest BCUT2D eigenvalue weighted by atomic mass is 9.47. The van der Waals surface area contributed by atoms with Crippen molar-refractivity contribution < 1.29 is 15.0 Å². The molecule has 3 saturated carbocycles. The van der Waals surface area contributed by atoms with E-state index in [9.17, 15) is 15.0 Å². The third kappa shape index (κ3) is 1.78. The number of rotatable bonds is 0. The van der Waals surface area contributed by atoms with E-state index in [2.05, 4.69) is 13.8 Å². The predicted molar refractivity (Wildman–Crippen MR) is 84.1 cm³/mol. The van der Waals surface area contributed by atoms with Gasteiger partial charge in [0.05, 0.1) is 12.2 Å². The summed E-state index contributed by atoms with van der Waals surface area (Å²) in [6.45, 7) is 4.48. The second-order valence-corrected chi connectivity index (χ2v) is 8.70. The summed E-state index contributed by atoms with van der Waals surface area (Å²) < 4.78 is 0. The summed E-state index contributed by atoms with van der Waals surface area (Å²) in [6.07, 6.45) is 7.65. The van der Waals surface area contributed by atoms with Gasteiger partial charge < -0.3 is 10.2 Å². The van der Waals surface area contributed by atoms with Crippen LogP contribution >= 0.6 is 0 Å². The molecule has 0 radical (unpaired) electrons. The number of ketones is 1. The standard InChI is InChI=1S/C19H28O3/c1-18-7-5-12(20)9-11(18)10-15(21)17-13-3-4-16(22)19(13,2)8-6-14(17)18/h10,12-15,17,20-21H,3-9H2,1-2H3/t12?,13-,14-,15?,17-,18-,19-/m0/s1. The Hall–Kier alpha value is -0.670. The summed E-state index contributed by atoms with van der Waals surface area (Å²) in [5.41, 5.74) is 1.20. The molecule has 3 heteroatoms. The zero-order valence-electron chi connectivity index (χ0n) is 13.7. The van der Waals surface area contributed by atoms with Crippen LogP contribution in [0.2, 0.25) is 0 Å². The van der Waals surface area contributed by atoms with Gasteiger partial charge in [0.25, 0.3) is 0 Å². The quantitative estimate of drug-likeness (QED) is 0.677. The number of Topliss-reactive ketones (excluding diaryl/α,β-unsaturated/α-hetero) is 1. The maximum atomic E-state index is 12.4. The number of fused-ring (bicyclic) bond motifs is 5. The van der Waals surface area contributed by atoms with Crippen molar-refractivity contribution in [3.8, 4) is 0 Å². The van der Waals surface area contributed by atoms with Crippen molar-refractivity contribution in [3.05, 3.63) is 11.6 Å². The predicted octanol–water partition coefficient (Wildman–Crippen LogP) is 2.85. The van der Waals surface area contributed by atoms with Crippen LogP contribution in [0.1, 0.15) is 58.8 Å². The van der Waals surface area contributed by atoms with Crippen LogP contribution in [0.4, 0.5) is 0 Å². The van der Waals surface area contributed by atoms with Crippen molar-refractivity contribution in [2.75, 3.05) is 0 Å². The van der Waals surface area contributed by atoms with Crippen molar-refractivity contribution in [2.24, 2.45) is 28.6 Å². The minimum atomic E-state index is -0.436. The lowest BCUT2D eigenvalue weighted by Crippen LogP contribution is -2.54. The third-order valence-corrected chi connectivity index (χ3v) is 7.81. The van der Waals surface area contributed by atoms with Gasteiger partial charge in [-0.25, -0.2) is 0 Å². The highest BCUT2D eigenvalue weighted by molar-refractivity contribution is 5.87. The molecular weight excluding hydrogens is 276 g/mol. The van der Waals surface area contributed by atoms with Crippen molar-refractivity contribution in [1.82, 2.24) is 0 Å². The molecule has 7 atom stereocenters. The van der Waals surface area contributed by atoms with Gasteiger partial charge in [-0.2, -0.15) is 0 Å². The van der Waals surface area contributed by atoms with E-state index >= 15 is 0 Å². The molecule has 2 N–H and O–H groups in total. The van der Waals surface area contributed by atoms with Gasteiger partial charge in [-0.1, -0.05) is 25.5 Å². The number of carbonyl (C=O) groups excluding carboxylic acids is 1. The molecular formula is C19H28O3. The molecule has 122 valence electrons. The first-order valence-electron chi connectivity index (χ1n) is 8.97. The first kappa shape index (κ1) is 14.9. The number of hydrogen-bond donors (Lipinski definition) is 2. The van der Waals surface area contributed by atoms with Gasteiger partial charge in [0.1, 0.15) is 5.78 Å². The second kappa shape index (κ2) is 4.67. The van der Waals surface area contributed by atoms with Gasteiger partial charge in [-0.3, -0.25) is 4.79 Å². The lowest BCUT2D eigenvalue weighted by molar-refractivity contribution is -0.135. The summed E-state index contributed by atoms with van der Waals surface area (Å²) in [7, 11) is 0. The van der Waals surface area contributed by atoms with E-state index in [0.29, 0.717) is 24.0 Å². The largest absolute Gasteiger partial charge is 0.393 e. The Kier molecular flexibility index (Phi) is 3.16. The first-order chi connectivity index (χ1) is 10.4. The third-order valence-electron chi connectivity index (χ3n) is 7.81. The second-order valence-electron chi connectivity index (χ2n) is 8.70. The normalized spacial score (nSPS) is 54.3. The van der Waals surface area contributed by atoms with Crippen LogP contribution < -0.4 is 0 Å². The fourth-order valence-corrected chi connectivity index (χ4v) is 6.40. The molecule has 3 fully saturated rings. The number of hydrogen-bond acceptors (Lipinski definition) is 3. The number of aliphatic hydroxyl groups is 2. The van der Waals surface area contributed by atoms with E-state index < -0.39 is 6.10 Å². The molecule has 3 nitrogen and oxygen atoms in total. The SMILES string of the molecule is C[C@]12CCC(O)CC1=CC(O)[C@@H]1[C@@H]2CC[C@]2(C)C(=O)CC[C@@H]12.